The van der Waals surface area contributed by atoms with E-state index in [0.717, 1.165) is 0 Å². The number of H-pyrrole nitrogens is 1. The Morgan fingerprint density at radius 2 is 2.00 bits per heavy atom. The Morgan fingerprint density at radius 1 is 1.19 bits per heavy atom. The van der Waals surface area contributed by atoms with Crippen molar-refractivity contribution in [3.05, 3.63) is 36.0 Å². The Hall–Kier alpha value is -1.24. The Balaban J connectivity index is 2.07. The monoisotopic (exact) mass is 215 g/mol. The van der Waals surface area contributed by atoms with Gasteiger partial charge in [-0.2, -0.15) is 0 Å². The predicted molar refractivity (Wildman–Crippen MR) is 70.9 cm³/mol. The van der Waals surface area contributed by atoms with Gasteiger partial charge in [0.1, 0.15) is 0 Å². The van der Waals surface area contributed by atoms with Gasteiger partial charge in [-0.05, 0) is 29.9 Å². The third-order valence-corrected chi connectivity index (χ3v) is 3.32. The van der Waals surface area contributed by atoms with Crippen molar-refractivity contribution < 1.29 is 0 Å². The molecule has 1 aromatic heterocycles. The zero-order valence-electron chi connectivity index (χ0n) is 10.3. The second kappa shape index (κ2) is 5.20. The van der Waals surface area contributed by atoms with Gasteiger partial charge in [-0.1, -0.05) is 51.3 Å². The summed E-state index contributed by atoms with van der Waals surface area (Å²) in [6, 6.07) is 10.8. The van der Waals surface area contributed by atoms with E-state index >= 15 is 0 Å². The van der Waals surface area contributed by atoms with E-state index in [9.17, 15) is 0 Å². The Bertz CT molecular complexity index is 408. The summed E-state index contributed by atoms with van der Waals surface area (Å²) in [6.07, 6.45) is 5.29. The molecule has 1 heteroatoms. The fraction of sp³-hybridized carbons (Fsp3) is 0.467. The van der Waals surface area contributed by atoms with E-state index in [-0.39, 0.29) is 0 Å². The Labute approximate surface area is 97.9 Å². The Morgan fingerprint density at radius 3 is 2.75 bits per heavy atom. The minimum atomic E-state index is 0.652. The van der Waals surface area contributed by atoms with Crippen molar-refractivity contribution in [2.24, 2.45) is 0 Å². The topological polar surface area (TPSA) is 15.8 Å². The summed E-state index contributed by atoms with van der Waals surface area (Å²) in [7, 11) is 0. The van der Waals surface area contributed by atoms with Gasteiger partial charge >= 0.3 is 0 Å². The summed E-state index contributed by atoms with van der Waals surface area (Å²) in [4.78, 5) is 3.52. The lowest BCUT2D eigenvalue weighted by atomic mass is 10.00. The Kier molecular flexibility index (Phi) is 3.66. The zero-order chi connectivity index (χ0) is 11.4. The van der Waals surface area contributed by atoms with Crippen molar-refractivity contribution in [2.45, 2.75) is 45.4 Å². The van der Waals surface area contributed by atoms with E-state index in [1.165, 1.54) is 42.3 Å². The highest BCUT2D eigenvalue weighted by molar-refractivity contribution is 5.80. The van der Waals surface area contributed by atoms with Crippen LogP contribution in [0.4, 0.5) is 0 Å². The molecular formula is C15H21N. The standard InChI is InChI=1S/C15H21N/c1-3-4-5-8-12(2)15-11-13-9-6-7-10-14(13)16-15/h6-7,9-12,16H,3-5,8H2,1-2H3. The summed E-state index contributed by atoms with van der Waals surface area (Å²) >= 11 is 0. The average Bonchev–Trinajstić information content (AvgIpc) is 2.73. The maximum atomic E-state index is 3.52. The molecule has 2 aromatic rings. The van der Waals surface area contributed by atoms with Crippen LogP contribution in [-0.4, -0.2) is 4.98 Å². The number of hydrogen-bond acceptors (Lipinski definition) is 0. The molecule has 0 spiro atoms. The lowest BCUT2D eigenvalue weighted by Gasteiger charge is -2.08. The molecule has 0 aliphatic carbocycles. The van der Waals surface area contributed by atoms with Crippen molar-refractivity contribution in [1.29, 1.82) is 0 Å². The first-order valence-electron chi connectivity index (χ1n) is 6.39. The number of rotatable bonds is 5. The third kappa shape index (κ3) is 2.46. The molecule has 16 heavy (non-hydrogen) atoms. The molecule has 1 aromatic carbocycles. The third-order valence-electron chi connectivity index (χ3n) is 3.32. The first-order valence-corrected chi connectivity index (χ1v) is 6.39. The first kappa shape index (κ1) is 11.3. The van der Waals surface area contributed by atoms with E-state index in [2.05, 4.69) is 49.2 Å². The SMILES string of the molecule is CCCCCC(C)c1cc2ccccc2[nH]1. The van der Waals surface area contributed by atoms with Crippen LogP contribution >= 0.6 is 0 Å². The molecule has 1 unspecified atom stereocenters. The molecule has 1 N–H and O–H groups in total. The molecular weight excluding hydrogens is 194 g/mol. The second-order valence-electron chi connectivity index (χ2n) is 4.71. The largest absolute Gasteiger partial charge is 0.358 e. The van der Waals surface area contributed by atoms with E-state index in [1.54, 1.807) is 0 Å². The maximum absolute atomic E-state index is 3.52. The molecule has 0 bridgehead atoms. The molecule has 1 nitrogen and oxygen atoms in total. The van der Waals surface area contributed by atoms with Crippen LogP contribution in [-0.2, 0) is 0 Å². The number of unbranched alkanes of at least 4 members (excludes halogenated alkanes) is 2. The molecule has 0 aliphatic rings. The van der Waals surface area contributed by atoms with Crippen molar-refractivity contribution in [3.8, 4) is 0 Å². The van der Waals surface area contributed by atoms with Crippen LogP contribution in [0.25, 0.3) is 10.9 Å². The number of nitrogens with one attached hydrogen (secondary N) is 1. The van der Waals surface area contributed by atoms with E-state index in [1.807, 2.05) is 0 Å². The fourth-order valence-electron chi connectivity index (χ4n) is 2.22. The summed E-state index contributed by atoms with van der Waals surface area (Å²) in [5, 5.41) is 1.33. The van der Waals surface area contributed by atoms with Gasteiger partial charge in [0.25, 0.3) is 0 Å². The molecule has 0 saturated heterocycles. The van der Waals surface area contributed by atoms with Crippen LogP contribution in [0.15, 0.2) is 30.3 Å². The molecule has 0 saturated carbocycles. The van der Waals surface area contributed by atoms with Gasteiger partial charge < -0.3 is 4.98 Å². The minimum absolute atomic E-state index is 0.652. The summed E-state index contributed by atoms with van der Waals surface area (Å²) in [6.45, 7) is 4.58. The smallest absolute Gasteiger partial charge is 0.0456 e. The quantitative estimate of drug-likeness (QED) is 0.686. The summed E-state index contributed by atoms with van der Waals surface area (Å²) in [5.41, 5.74) is 2.65. The van der Waals surface area contributed by atoms with Crippen LogP contribution < -0.4 is 0 Å². The van der Waals surface area contributed by atoms with Gasteiger partial charge in [0.2, 0.25) is 0 Å². The number of fused-ring (bicyclic) bond motifs is 1. The summed E-state index contributed by atoms with van der Waals surface area (Å²) < 4.78 is 0. The molecule has 1 atom stereocenters. The average molecular weight is 215 g/mol. The van der Waals surface area contributed by atoms with Gasteiger partial charge in [0, 0.05) is 11.2 Å². The molecule has 2 rings (SSSR count). The van der Waals surface area contributed by atoms with Crippen LogP contribution in [0, 0.1) is 0 Å². The highest BCUT2D eigenvalue weighted by atomic mass is 14.7. The summed E-state index contributed by atoms with van der Waals surface area (Å²) in [5.74, 6) is 0.652. The number of aromatic nitrogens is 1. The van der Waals surface area contributed by atoms with Crippen molar-refractivity contribution in [3.63, 3.8) is 0 Å². The van der Waals surface area contributed by atoms with E-state index in [0.29, 0.717) is 5.92 Å². The predicted octanol–water partition coefficient (Wildman–Crippen LogP) is 4.85. The molecule has 0 amide bonds. The second-order valence-corrected chi connectivity index (χ2v) is 4.71. The van der Waals surface area contributed by atoms with Crippen LogP contribution in [0.3, 0.4) is 0 Å². The lowest BCUT2D eigenvalue weighted by molar-refractivity contribution is 0.591. The lowest BCUT2D eigenvalue weighted by Crippen LogP contribution is -1.93. The van der Waals surface area contributed by atoms with Gasteiger partial charge in [-0.15, -0.1) is 0 Å². The highest BCUT2D eigenvalue weighted by Gasteiger charge is 2.08. The number of benzene rings is 1. The fourth-order valence-corrected chi connectivity index (χ4v) is 2.22. The van der Waals surface area contributed by atoms with Crippen molar-refractivity contribution in [2.75, 3.05) is 0 Å². The number of hydrogen-bond donors (Lipinski definition) is 1. The van der Waals surface area contributed by atoms with Gasteiger partial charge in [0.15, 0.2) is 0 Å². The zero-order valence-corrected chi connectivity index (χ0v) is 10.3. The first-order chi connectivity index (χ1) is 7.81. The van der Waals surface area contributed by atoms with E-state index in [4.69, 9.17) is 0 Å². The molecule has 0 radical (unpaired) electrons. The van der Waals surface area contributed by atoms with Gasteiger partial charge in [-0.25, -0.2) is 0 Å². The molecule has 86 valence electrons. The molecule has 1 heterocycles. The normalized spacial score (nSPS) is 13.1. The van der Waals surface area contributed by atoms with Crippen molar-refractivity contribution in [1.82, 2.24) is 4.98 Å². The van der Waals surface area contributed by atoms with E-state index < -0.39 is 0 Å². The van der Waals surface area contributed by atoms with Crippen molar-refractivity contribution >= 4 is 10.9 Å². The van der Waals surface area contributed by atoms with Crippen LogP contribution in [0.2, 0.25) is 0 Å². The number of aromatic amines is 1. The number of para-hydroxylation sites is 1. The van der Waals surface area contributed by atoms with Gasteiger partial charge in [0.05, 0.1) is 0 Å². The van der Waals surface area contributed by atoms with Crippen LogP contribution in [0.1, 0.15) is 51.1 Å². The molecule has 0 aliphatic heterocycles. The minimum Gasteiger partial charge on any atom is -0.358 e. The highest BCUT2D eigenvalue weighted by Crippen LogP contribution is 2.24. The molecule has 0 fully saturated rings. The van der Waals surface area contributed by atoms with Crippen LogP contribution in [0.5, 0.6) is 0 Å². The maximum Gasteiger partial charge on any atom is 0.0456 e. The van der Waals surface area contributed by atoms with Gasteiger partial charge in [-0.3, -0.25) is 0 Å².